The first-order valence-corrected chi connectivity index (χ1v) is 7.86. The summed E-state index contributed by atoms with van der Waals surface area (Å²) >= 11 is 0. The summed E-state index contributed by atoms with van der Waals surface area (Å²) in [5, 5.41) is 8.73. The number of hydroxylamine groups is 1. The molecule has 3 aromatic rings. The summed E-state index contributed by atoms with van der Waals surface area (Å²) < 4.78 is 20.2. The third kappa shape index (κ3) is 2.72. The Morgan fingerprint density at radius 3 is 2.54 bits per heavy atom. The highest BCUT2D eigenvalue weighted by Crippen LogP contribution is 2.39. The van der Waals surface area contributed by atoms with E-state index in [1.807, 2.05) is 6.07 Å². The SMILES string of the molecule is O=C(NO)c1ccc(C2=Nc3ccccc3Oc3c(F)cccc32)cc1. The molecule has 0 aliphatic carbocycles. The van der Waals surface area contributed by atoms with Crippen LogP contribution in [-0.4, -0.2) is 16.8 Å². The average molecular weight is 348 g/mol. The maximum absolute atomic E-state index is 14.4. The summed E-state index contributed by atoms with van der Waals surface area (Å²) in [7, 11) is 0. The highest BCUT2D eigenvalue weighted by molar-refractivity contribution is 6.16. The molecule has 0 unspecified atom stereocenters. The summed E-state index contributed by atoms with van der Waals surface area (Å²) in [5.74, 6) is -0.527. The van der Waals surface area contributed by atoms with Crippen LogP contribution in [-0.2, 0) is 0 Å². The molecule has 1 heterocycles. The van der Waals surface area contributed by atoms with Crippen molar-refractivity contribution in [1.29, 1.82) is 0 Å². The van der Waals surface area contributed by atoms with Crippen LogP contribution < -0.4 is 10.2 Å². The van der Waals surface area contributed by atoms with Crippen LogP contribution in [0, 0.1) is 5.82 Å². The number of para-hydroxylation sites is 3. The van der Waals surface area contributed by atoms with E-state index in [2.05, 4.69) is 4.99 Å². The standard InChI is InChI=1S/C20H13FN2O3/c21-15-5-3-4-14-18(12-8-10-13(11-9-12)20(24)23-25)22-16-6-1-2-7-17(16)26-19(14)15/h1-11,25H,(H,23,24). The average Bonchev–Trinajstić information content (AvgIpc) is 2.85. The molecule has 0 radical (unpaired) electrons. The van der Waals surface area contributed by atoms with Crippen molar-refractivity contribution in [2.45, 2.75) is 0 Å². The summed E-state index contributed by atoms with van der Waals surface area (Å²) in [6, 6.07) is 18.3. The lowest BCUT2D eigenvalue weighted by Gasteiger charge is -2.11. The van der Waals surface area contributed by atoms with Gasteiger partial charge in [-0.3, -0.25) is 10.0 Å². The predicted octanol–water partition coefficient (Wildman–Crippen LogP) is 4.22. The van der Waals surface area contributed by atoms with E-state index in [-0.39, 0.29) is 5.75 Å². The zero-order valence-electron chi connectivity index (χ0n) is 13.4. The lowest BCUT2D eigenvalue weighted by molar-refractivity contribution is 0.0706. The van der Waals surface area contributed by atoms with Crippen LogP contribution in [0.2, 0.25) is 0 Å². The number of halogens is 1. The Labute approximate surface area is 148 Å². The molecule has 1 aliphatic rings. The number of rotatable bonds is 2. The van der Waals surface area contributed by atoms with Gasteiger partial charge in [-0.2, -0.15) is 0 Å². The molecule has 2 N–H and O–H groups in total. The highest BCUT2D eigenvalue weighted by atomic mass is 19.1. The number of benzene rings is 3. The van der Waals surface area contributed by atoms with Gasteiger partial charge in [0.05, 0.1) is 5.71 Å². The Hall–Kier alpha value is -3.51. The van der Waals surface area contributed by atoms with Crippen molar-refractivity contribution in [3.8, 4) is 11.5 Å². The van der Waals surface area contributed by atoms with Gasteiger partial charge in [-0.05, 0) is 36.4 Å². The molecule has 0 bridgehead atoms. The highest BCUT2D eigenvalue weighted by Gasteiger charge is 2.22. The van der Waals surface area contributed by atoms with Gasteiger partial charge in [-0.15, -0.1) is 0 Å². The molecule has 26 heavy (non-hydrogen) atoms. The molecule has 6 heteroatoms. The molecular formula is C20H13FN2O3. The van der Waals surface area contributed by atoms with Gasteiger partial charge in [0, 0.05) is 16.7 Å². The molecule has 1 aliphatic heterocycles. The summed E-state index contributed by atoms with van der Waals surface area (Å²) in [6.45, 7) is 0. The second-order valence-electron chi connectivity index (χ2n) is 5.66. The molecule has 0 saturated heterocycles. The van der Waals surface area contributed by atoms with Gasteiger partial charge >= 0.3 is 0 Å². The van der Waals surface area contributed by atoms with Crippen molar-refractivity contribution in [2.75, 3.05) is 0 Å². The summed E-state index contributed by atoms with van der Waals surface area (Å²) in [6.07, 6.45) is 0. The third-order valence-corrected chi connectivity index (χ3v) is 4.05. The zero-order chi connectivity index (χ0) is 18.1. The molecule has 0 spiro atoms. The quantitative estimate of drug-likeness (QED) is 0.421. The van der Waals surface area contributed by atoms with Crippen LogP contribution in [0.1, 0.15) is 21.5 Å². The maximum atomic E-state index is 14.4. The minimum Gasteiger partial charge on any atom is -0.451 e. The van der Waals surface area contributed by atoms with Crippen LogP contribution in [0.3, 0.4) is 0 Å². The monoisotopic (exact) mass is 348 g/mol. The molecule has 4 rings (SSSR count). The Bertz CT molecular complexity index is 1030. The van der Waals surface area contributed by atoms with Gasteiger partial charge in [-0.1, -0.05) is 30.3 Å². The van der Waals surface area contributed by atoms with E-state index >= 15 is 0 Å². The number of nitrogens with zero attached hydrogens (tertiary/aromatic N) is 1. The number of carbonyl (C=O) groups is 1. The number of nitrogens with one attached hydrogen (secondary N) is 1. The molecule has 0 saturated carbocycles. The molecule has 3 aromatic carbocycles. The van der Waals surface area contributed by atoms with E-state index in [0.717, 1.165) is 0 Å². The van der Waals surface area contributed by atoms with Gasteiger partial charge < -0.3 is 4.74 Å². The summed E-state index contributed by atoms with van der Waals surface area (Å²) in [4.78, 5) is 16.2. The molecular weight excluding hydrogens is 335 g/mol. The van der Waals surface area contributed by atoms with E-state index in [1.54, 1.807) is 60.1 Å². The number of ether oxygens (including phenoxy) is 1. The van der Waals surface area contributed by atoms with Crippen LogP contribution in [0.15, 0.2) is 71.7 Å². The fourth-order valence-electron chi connectivity index (χ4n) is 2.79. The molecule has 0 atom stereocenters. The lowest BCUT2D eigenvalue weighted by atomic mass is 9.99. The Kier molecular flexibility index (Phi) is 3.95. The van der Waals surface area contributed by atoms with E-state index in [1.165, 1.54) is 6.07 Å². The van der Waals surface area contributed by atoms with Crippen molar-refractivity contribution in [1.82, 2.24) is 5.48 Å². The number of hydrogen-bond donors (Lipinski definition) is 2. The van der Waals surface area contributed by atoms with Crippen LogP contribution in [0.5, 0.6) is 11.5 Å². The molecule has 128 valence electrons. The number of carbonyl (C=O) groups excluding carboxylic acids is 1. The Morgan fingerprint density at radius 1 is 1.00 bits per heavy atom. The molecule has 0 aromatic heterocycles. The predicted molar refractivity (Wildman–Crippen MR) is 93.9 cm³/mol. The van der Waals surface area contributed by atoms with Crippen LogP contribution >= 0.6 is 0 Å². The van der Waals surface area contributed by atoms with Crippen molar-refractivity contribution >= 4 is 17.3 Å². The van der Waals surface area contributed by atoms with Gasteiger partial charge in [0.2, 0.25) is 0 Å². The van der Waals surface area contributed by atoms with E-state index in [9.17, 15) is 9.18 Å². The Balaban J connectivity index is 1.90. The largest absolute Gasteiger partial charge is 0.451 e. The normalized spacial score (nSPS) is 12.2. The first kappa shape index (κ1) is 16.0. The second-order valence-corrected chi connectivity index (χ2v) is 5.66. The van der Waals surface area contributed by atoms with Gasteiger partial charge in [0.1, 0.15) is 5.69 Å². The van der Waals surface area contributed by atoms with E-state index < -0.39 is 11.7 Å². The lowest BCUT2D eigenvalue weighted by Crippen LogP contribution is -2.18. The van der Waals surface area contributed by atoms with Crippen molar-refractivity contribution in [3.63, 3.8) is 0 Å². The number of fused-ring (bicyclic) bond motifs is 2. The van der Waals surface area contributed by atoms with Crippen molar-refractivity contribution < 1.29 is 19.1 Å². The molecule has 1 amide bonds. The van der Waals surface area contributed by atoms with Crippen LogP contribution in [0.4, 0.5) is 10.1 Å². The number of amides is 1. The first-order valence-electron chi connectivity index (χ1n) is 7.86. The Morgan fingerprint density at radius 2 is 1.77 bits per heavy atom. The van der Waals surface area contributed by atoms with E-state index in [0.29, 0.717) is 33.8 Å². The number of hydrogen-bond acceptors (Lipinski definition) is 4. The number of aliphatic imine (C=N–C) groups is 1. The van der Waals surface area contributed by atoms with Gasteiger partial charge in [-0.25, -0.2) is 14.9 Å². The van der Waals surface area contributed by atoms with Crippen molar-refractivity contribution in [2.24, 2.45) is 4.99 Å². The van der Waals surface area contributed by atoms with Crippen LogP contribution in [0.25, 0.3) is 0 Å². The minimum absolute atomic E-state index is 0.105. The second kappa shape index (κ2) is 6.42. The van der Waals surface area contributed by atoms with Crippen molar-refractivity contribution in [3.05, 3.63) is 89.2 Å². The van der Waals surface area contributed by atoms with E-state index in [4.69, 9.17) is 9.94 Å². The van der Waals surface area contributed by atoms with Gasteiger partial charge in [0.15, 0.2) is 17.3 Å². The smallest absolute Gasteiger partial charge is 0.274 e. The molecule has 0 fully saturated rings. The molecule has 5 nitrogen and oxygen atoms in total. The summed E-state index contributed by atoms with van der Waals surface area (Å²) in [5.41, 5.74) is 4.19. The topological polar surface area (TPSA) is 70.9 Å². The maximum Gasteiger partial charge on any atom is 0.274 e. The zero-order valence-corrected chi connectivity index (χ0v) is 13.4. The first-order chi connectivity index (χ1) is 12.7. The van der Waals surface area contributed by atoms with Gasteiger partial charge in [0.25, 0.3) is 5.91 Å². The fourth-order valence-corrected chi connectivity index (χ4v) is 2.79. The minimum atomic E-state index is -0.612. The third-order valence-electron chi connectivity index (χ3n) is 4.05. The fraction of sp³-hybridized carbons (Fsp3) is 0.